The molecule has 0 radical (unpaired) electrons. The number of alkyl halides is 2. The van der Waals surface area contributed by atoms with E-state index in [1.165, 1.54) is 13.0 Å². The molecule has 96 valence electrons. The van der Waals surface area contributed by atoms with Gasteiger partial charge in [0.05, 0.1) is 5.69 Å². The lowest BCUT2D eigenvalue weighted by Gasteiger charge is -2.19. The molecule has 0 aromatic carbocycles. The maximum absolute atomic E-state index is 11.9. The van der Waals surface area contributed by atoms with E-state index in [0.717, 1.165) is 4.68 Å². The van der Waals surface area contributed by atoms with Crippen molar-refractivity contribution in [2.75, 3.05) is 0 Å². The van der Waals surface area contributed by atoms with E-state index in [9.17, 15) is 13.6 Å². The van der Waals surface area contributed by atoms with Gasteiger partial charge >= 0.3 is 12.7 Å². The number of hydrogen-bond acceptors (Lipinski definition) is 4. The Morgan fingerprint density at radius 2 is 2.06 bits per heavy atom. The highest BCUT2D eigenvalue weighted by molar-refractivity contribution is 5.70. The minimum absolute atomic E-state index is 0.316. The molecule has 0 amide bonds. The molecule has 1 aromatic heterocycles. The molecule has 0 bridgehead atoms. The van der Waals surface area contributed by atoms with Gasteiger partial charge in [0, 0.05) is 6.07 Å². The summed E-state index contributed by atoms with van der Waals surface area (Å²) in [6.45, 7) is 3.65. The summed E-state index contributed by atoms with van der Waals surface area (Å²) in [6.07, 6.45) is -0.737. The number of aromatic nitrogens is 2. The van der Waals surface area contributed by atoms with E-state index in [0.29, 0.717) is 5.69 Å². The van der Waals surface area contributed by atoms with Crippen molar-refractivity contribution in [2.45, 2.75) is 39.9 Å². The normalized spacial score (nSPS) is 11.7. The molecule has 1 aromatic rings. The predicted molar refractivity (Wildman–Crippen MR) is 55.2 cm³/mol. The van der Waals surface area contributed by atoms with Crippen molar-refractivity contribution in [3.05, 3.63) is 11.8 Å². The molecule has 0 atom stereocenters. The number of carbonyl (C=O) groups excluding carboxylic acids is 1. The second-order valence-electron chi connectivity index (χ2n) is 4.39. The monoisotopic (exact) mass is 248 g/mol. The lowest BCUT2D eigenvalue weighted by molar-refractivity contribution is -0.0533. The smallest absolute Gasteiger partial charge is 0.435 e. The highest BCUT2D eigenvalue weighted by atomic mass is 19.3. The third-order valence-electron chi connectivity index (χ3n) is 1.64. The van der Waals surface area contributed by atoms with Gasteiger partial charge in [0.2, 0.25) is 5.88 Å². The van der Waals surface area contributed by atoms with Crippen LogP contribution in [-0.2, 0) is 4.74 Å². The molecule has 0 aliphatic carbocycles. The van der Waals surface area contributed by atoms with E-state index < -0.39 is 18.3 Å². The van der Waals surface area contributed by atoms with Crippen LogP contribution in [0.5, 0.6) is 5.88 Å². The van der Waals surface area contributed by atoms with Crippen LogP contribution in [-0.4, -0.2) is 28.1 Å². The molecule has 0 spiro atoms. The van der Waals surface area contributed by atoms with Crippen molar-refractivity contribution in [3.63, 3.8) is 0 Å². The molecule has 17 heavy (non-hydrogen) atoms. The van der Waals surface area contributed by atoms with Gasteiger partial charge in [-0.15, -0.1) is 5.10 Å². The Morgan fingerprint density at radius 3 is 2.53 bits per heavy atom. The van der Waals surface area contributed by atoms with Crippen LogP contribution in [0.15, 0.2) is 6.07 Å². The molecule has 0 saturated carbocycles. The summed E-state index contributed by atoms with van der Waals surface area (Å²) in [5.41, 5.74) is -0.325. The highest BCUT2D eigenvalue weighted by Crippen LogP contribution is 2.16. The number of halogens is 2. The van der Waals surface area contributed by atoms with E-state index >= 15 is 0 Å². The van der Waals surface area contributed by atoms with Gasteiger partial charge in [-0.3, -0.25) is 0 Å². The van der Waals surface area contributed by atoms with Crippen molar-refractivity contribution in [3.8, 4) is 5.88 Å². The van der Waals surface area contributed by atoms with Crippen LogP contribution < -0.4 is 4.74 Å². The highest BCUT2D eigenvalue weighted by Gasteiger charge is 2.21. The molecular weight excluding hydrogens is 234 g/mol. The van der Waals surface area contributed by atoms with Gasteiger partial charge in [-0.25, -0.2) is 4.79 Å². The van der Waals surface area contributed by atoms with Crippen LogP contribution in [0.4, 0.5) is 13.6 Å². The van der Waals surface area contributed by atoms with E-state index in [1.807, 2.05) is 0 Å². The molecule has 1 heterocycles. The Hall–Kier alpha value is -1.66. The Kier molecular flexibility index (Phi) is 3.69. The fourth-order valence-electron chi connectivity index (χ4n) is 1.08. The van der Waals surface area contributed by atoms with Gasteiger partial charge in [-0.2, -0.15) is 13.5 Å². The standard InChI is InChI=1S/C10H14F2N2O3/c1-6-5-7(16-8(11)12)13-14(6)9(15)17-10(2,3)4/h5,8H,1-4H3. The Morgan fingerprint density at radius 1 is 1.47 bits per heavy atom. The summed E-state index contributed by atoms with van der Waals surface area (Å²) in [6, 6.07) is 1.23. The number of carbonyl (C=O) groups is 1. The zero-order chi connectivity index (χ0) is 13.2. The summed E-state index contributed by atoms with van der Waals surface area (Å²) < 4.78 is 33.9. The quantitative estimate of drug-likeness (QED) is 0.807. The zero-order valence-corrected chi connectivity index (χ0v) is 10.0. The molecule has 7 heteroatoms. The summed E-state index contributed by atoms with van der Waals surface area (Å²) in [7, 11) is 0. The lowest BCUT2D eigenvalue weighted by Crippen LogP contribution is -2.28. The van der Waals surface area contributed by atoms with Gasteiger partial charge in [-0.05, 0) is 27.7 Å². The third kappa shape index (κ3) is 4.01. The van der Waals surface area contributed by atoms with Crippen molar-refractivity contribution < 1.29 is 23.0 Å². The summed E-state index contributed by atoms with van der Waals surface area (Å²) in [5.74, 6) is -0.316. The second-order valence-corrected chi connectivity index (χ2v) is 4.39. The Bertz CT molecular complexity index is 410. The van der Waals surface area contributed by atoms with E-state index in [1.54, 1.807) is 20.8 Å². The van der Waals surface area contributed by atoms with Gasteiger partial charge in [-0.1, -0.05) is 0 Å². The molecular formula is C10H14F2N2O3. The molecule has 0 aliphatic rings. The fourth-order valence-corrected chi connectivity index (χ4v) is 1.08. The summed E-state index contributed by atoms with van der Waals surface area (Å²) in [5, 5.41) is 3.57. The minimum atomic E-state index is -2.98. The van der Waals surface area contributed by atoms with Crippen LogP contribution in [0.3, 0.4) is 0 Å². The first-order valence-corrected chi connectivity index (χ1v) is 4.94. The first-order chi connectivity index (χ1) is 7.69. The average Bonchev–Trinajstić information content (AvgIpc) is 2.42. The van der Waals surface area contributed by atoms with Gasteiger partial charge in [0.1, 0.15) is 5.60 Å². The topological polar surface area (TPSA) is 53.4 Å². The second kappa shape index (κ2) is 4.68. The van der Waals surface area contributed by atoms with Crippen molar-refractivity contribution >= 4 is 6.09 Å². The molecule has 0 aliphatic heterocycles. The summed E-state index contributed by atoms with van der Waals surface area (Å²) in [4.78, 5) is 11.6. The molecule has 0 unspecified atom stereocenters. The Balaban J connectivity index is 2.84. The van der Waals surface area contributed by atoms with E-state index in [-0.39, 0.29) is 5.88 Å². The molecule has 0 fully saturated rings. The van der Waals surface area contributed by atoms with Gasteiger partial charge < -0.3 is 9.47 Å². The number of aryl methyl sites for hydroxylation is 1. The maximum Gasteiger partial charge on any atom is 0.435 e. The van der Waals surface area contributed by atoms with Crippen LogP contribution in [0.2, 0.25) is 0 Å². The molecule has 0 N–H and O–H groups in total. The number of nitrogens with zero attached hydrogens (tertiary/aromatic N) is 2. The Labute approximate surface area is 97.3 Å². The first kappa shape index (κ1) is 13.4. The van der Waals surface area contributed by atoms with E-state index in [2.05, 4.69) is 9.84 Å². The van der Waals surface area contributed by atoms with Crippen LogP contribution in [0.25, 0.3) is 0 Å². The average molecular weight is 248 g/mol. The van der Waals surface area contributed by atoms with Crippen molar-refractivity contribution in [1.82, 2.24) is 9.78 Å². The molecule has 0 saturated heterocycles. The molecule has 1 rings (SSSR count). The zero-order valence-electron chi connectivity index (χ0n) is 10.0. The van der Waals surface area contributed by atoms with Crippen LogP contribution in [0.1, 0.15) is 26.5 Å². The number of ether oxygens (including phenoxy) is 2. The van der Waals surface area contributed by atoms with Gasteiger partial charge in [0.15, 0.2) is 0 Å². The predicted octanol–water partition coefficient (Wildman–Crippen LogP) is 2.58. The van der Waals surface area contributed by atoms with Crippen LogP contribution in [0, 0.1) is 6.92 Å². The first-order valence-electron chi connectivity index (χ1n) is 4.94. The largest absolute Gasteiger partial charge is 0.442 e. The van der Waals surface area contributed by atoms with Crippen molar-refractivity contribution in [2.24, 2.45) is 0 Å². The van der Waals surface area contributed by atoms with Crippen LogP contribution >= 0.6 is 0 Å². The number of hydrogen-bond donors (Lipinski definition) is 0. The minimum Gasteiger partial charge on any atom is -0.442 e. The number of rotatable bonds is 2. The van der Waals surface area contributed by atoms with Gasteiger partial charge in [0.25, 0.3) is 0 Å². The molecule has 5 nitrogen and oxygen atoms in total. The third-order valence-corrected chi connectivity index (χ3v) is 1.64. The lowest BCUT2D eigenvalue weighted by atomic mass is 10.2. The maximum atomic E-state index is 11.9. The van der Waals surface area contributed by atoms with E-state index in [4.69, 9.17) is 4.74 Å². The SMILES string of the molecule is Cc1cc(OC(F)F)nn1C(=O)OC(C)(C)C. The van der Waals surface area contributed by atoms with Crippen molar-refractivity contribution in [1.29, 1.82) is 0 Å². The summed E-state index contributed by atoms with van der Waals surface area (Å²) >= 11 is 0. The fraction of sp³-hybridized carbons (Fsp3) is 0.600.